The third-order valence-electron chi connectivity index (χ3n) is 1.52. The van der Waals surface area contributed by atoms with Gasteiger partial charge in [-0.25, -0.2) is 4.98 Å². The van der Waals surface area contributed by atoms with Gasteiger partial charge in [0.1, 0.15) is 0 Å². The highest BCUT2D eigenvalue weighted by molar-refractivity contribution is 8.02. The van der Waals surface area contributed by atoms with Crippen LogP contribution in [-0.2, 0) is 4.79 Å². The largest absolute Gasteiger partial charge is 0.375 e. The van der Waals surface area contributed by atoms with Gasteiger partial charge in [0, 0.05) is 6.54 Å². The van der Waals surface area contributed by atoms with Crippen LogP contribution in [0.15, 0.2) is 10.4 Å². The van der Waals surface area contributed by atoms with Gasteiger partial charge >= 0.3 is 0 Å². The summed E-state index contributed by atoms with van der Waals surface area (Å²) in [7, 11) is 0. The van der Waals surface area contributed by atoms with Crippen molar-refractivity contribution in [2.75, 3.05) is 12.3 Å². The molecule has 0 aliphatic rings. The second-order valence-electron chi connectivity index (χ2n) is 2.67. The number of carbonyl (C=O) groups is 1. The Balaban J connectivity index is 2.48. The molecule has 3 N–H and O–H groups in total. The van der Waals surface area contributed by atoms with Crippen molar-refractivity contribution in [3.8, 4) is 0 Å². The molecule has 1 atom stereocenters. The third-order valence-corrected chi connectivity index (χ3v) is 3.58. The Bertz CT molecular complexity index is 313. The van der Waals surface area contributed by atoms with Crippen LogP contribution in [0.1, 0.15) is 13.8 Å². The van der Waals surface area contributed by atoms with Crippen LogP contribution in [0.5, 0.6) is 0 Å². The highest BCUT2D eigenvalue weighted by Crippen LogP contribution is 2.29. The molecular weight excluding hydrogens is 218 g/mol. The Morgan fingerprint density at radius 2 is 2.57 bits per heavy atom. The van der Waals surface area contributed by atoms with Crippen LogP contribution in [0.4, 0.5) is 5.13 Å². The molecule has 1 amide bonds. The predicted octanol–water partition coefficient (Wildman–Crippen LogP) is 1.34. The lowest BCUT2D eigenvalue weighted by atomic mass is 10.4. The van der Waals surface area contributed by atoms with Crippen LogP contribution in [-0.4, -0.2) is 22.7 Å². The number of nitrogen functional groups attached to an aromatic ring is 1. The summed E-state index contributed by atoms with van der Waals surface area (Å²) in [5.41, 5.74) is 5.48. The first kappa shape index (κ1) is 11.3. The lowest BCUT2D eigenvalue weighted by Gasteiger charge is -2.08. The summed E-state index contributed by atoms with van der Waals surface area (Å²) in [5.74, 6) is 0.0458. The summed E-state index contributed by atoms with van der Waals surface area (Å²) in [5, 5.41) is 3.20. The molecule has 1 rings (SSSR count). The van der Waals surface area contributed by atoms with Gasteiger partial charge in [0.25, 0.3) is 0 Å². The van der Waals surface area contributed by atoms with Crippen molar-refractivity contribution in [3.05, 3.63) is 6.20 Å². The second-order valence-corrected chi connectivity index (χ2v) is 5.38. The fourth-order valence-electron chi connectivity index (χ4n) is 0.872. The number of amides is 1. The molecule has 1 aromatic heterocycles. The lowest BCUT2D eigenvalue weighted by Crippen LogP contribution is -2.30. The molecule has 1 unspecified atom stereocenters. The maximum Gasteiger partial charge on any atom is 0.233 e. The molecule has 0 saturated carbocycles. The zero-order valence-electron chi connectivity index (χ0n) is 8.11. The van der Waals surface area contributed by atoms with Gasteiger partial charge in [-0.1, -0.05) is 11.3 Å². The number of nitrogens with zero attached hydrogens (tertiary/aromatic N) is 1. The molecule has 0 aliphatic heterocycles. The number of anilines is 1. The van der Waals surface area contributed by atoms with Crippen LogP contribution in [0.25, 0.3) is 0 Å². The number of nitrogens with one attached hydrogen (secondary N) is 1. The van der Waals surface area contributed by atoms with Crippen LogP contribution < -0.4 is 11.1 Å². The van der Waals surface area contributed by atoms with Crippen molar-refractivity contribution in [1.29, 1.82) is 0 Å². The van der Waals surface area contributed by atoms with Crippen molar-refractivity contribution < 1.29 is 4.79 Å². The van der Waals surface area contributed by atoms with E-state index in [0.29, 0.717) is 11.7 Å². The van der Waals surface area contributed by atoms with Gasteiger partial charge in [0.15, 0.2) is 5.13 Å². The molecule has 0 aliphatic carbocycles. The molecular formula is C8H13N3OS2. The van der Waals surface area contributed by atoms with E-state index in [9.17, 15) is 4.79 Å². The summed E-state index contributed by atoms with van der Waals surface area (Å²) in [4.78, 5) is 15.3. The normalized spacial score (nSPS) is 12.4. The Labute approximate surface area is 91.3 Å². The third kappa shape index (κ3) is 3.19. The molecule has 1 heterocycles. The van der Waals surface area contributed by atoms with Crippen LogP contribution in [0.3, 0.4) is 0 Å². The van der Waals surface area contributed by atoms with Gasteiger partial charge in [-0.2, -0.15) is 0 Å². The van der Waals surface area contributed by atoms with Crippen LogP contribution >= 0.6 is 23.1 Å². The maximum absolute atomic E-state index is 11.4. The SMILES string of the molecule is CCNC(=O)C(C)Sc1cnc(N)s1. The minimum atomic E-state index is -0.102. The Hall–Kier alpha value is -0.750. The second kappa shape index (κ2) is 5.21. The van der Waals surface area contributed by atoms with E-state index in [1.54, 1.807) is 6.20 Å². The number of thiazole rings is 1. The summed E-state index contributed by atoms with van der Waals surface area (Å²) in [6, 6.07) is 0. The van der Waals surface area contributed by atoms with Gasteiger partial charge < -0.3 is 11.1 Å². The highest BCUT2D eigenvalue weighted by Gasteiger charge is 2.14. The molecule has 78 valence electrons. The molecule has 6 heteroatoms. The quantitative estimate of drug-likeness (QED) is 0.767. The average Bonchev–Trinajstić information content (AvgIpc) is 2.51. The number of aromatic nitrogens is 1. The van der Waals surface area contributed by atoms with Gasteiger partial charge in [0.05, 0.1) is 15.7 Å². The molecule has 0 fully saturated rings. The first-order valence-corrected chi connectivity index (χ1v) is 5.98. The standard InChI is InChI=1S/C8H13N3OS2/c1-3-10-7(12)5(2)13-6-4-11-8(9)14-6/h4-5H,3H2,1-2H3,(H2,9,11)(H,10,12). The minimum Gasteiger partial charge on any atom is -0.375 e. The Morgan fingerprint density at radius 1 is 1.86 bits per heavy atom. The number of thioether (sulfide) groups is 1. The van der Waals surface area contributed by atoms with Crippen molar-refractivity contribution in [2.45, 2.75) is 23.3 Å². The smallest absolute Gasteiger partial charge is 0.233 e. The van der Waals surface area contributed by atoms with Crippen molar-refractivity contribution in [2.24, 2.45) is 0 Å². The Kier molecular flexibility index (Phi) is 4.21. The van der Waals surface area contributed by atoms with Crippen molar-refractivity contribution in [1.82, 2.24) is 10.3 Å². The molecule has 14 heavy (non-hydrogen) atoms. The first-order valence-electron chi connectivity index (χ1n) is 4.29. The van der Waals surface area contributed by atoms with E-state index >= 15 is 0 Å². The number of carbonyl (C=O) groups excluding carboxylic acids is 1. The Morgan fingerprint density at radius 3 is 3.07 bits per heavy atom. The highest BCUT2D eigenvalue weighted by atomic mass is 32.2. The first-order chi connectivity index (χ1) is 6.63. The van der Waals surface area contributed by atoms with Crippen molar-refractivity contribution in [3.63, 3.8) is 0 Å². The van der Waals surface area contributed by atoms with E-state index in [1.165, 1.54) is 23.1 Å². The minimum absolute atomic E-state index is 0.0458. The molecule has 0 bridgehead atoms. The van der Waals surface area contributed by atoms with E-state index < -0.39 is 0 Å². The number of hydrogen-bond acceptors (Lipinski definition) is 5. The zero-order valence-corrected chi connectivity index (χ0v) is 9.74. The number of rotatable bonds is 4. The summed E-state index contributed by atoms with van der Waals surface area (Å²) in [6.07, 6.45) is 1.69. The fraction of sp³-hybridized carbons (Fsp3) is 0.500. The lowest BCUT2D eigenvalue weighted by molar-refractivity contribution is -0.120. The van der Waals surface area contributed by atoms with Gasteiger partial charge in [0.2, 0.25) is 5.91 Å². The van der Waals surface area contributed by atoms with E-state index in [1.807, 2.05) is 13.8 Å². The maximum atomic E-state index is 11.4. The monoisotopic (exact) mass is 231 g/mol. The molecule has 0 radical (unpaired) electrons. The zero-order chi connectivity index (χ0) is 10.6. The fourth-order valence-corrected chi connectivity index (χ4v) is 2.82. The summed E-state index contributed by atoms with van der Waals surface area (Å²) in [6.45, 7) is 4.43. The van der Waals surface area contributed by atoms with Gasteiger partial charge in [-0.05, 0) is 13.8 Å². The van der Waals surface area contributed by atoms with Crippen LogP contribution in [0, 0.1) is 0 Å². The van der Waals surface area contributed by atoms with E-state index in [2.05, 4.69) is 10.3 Å². The summed E-state index contributed by atoms with van der Waals surface area (Å²) < 4.78 is 0.973. The molecule has 4 nitrogen and oxygen atoms in total. The topological polar surface area (TPSA) is 68.0 Å². The van der Waals surface area contributed by atoms with E-state index in [-0.39, 0.29) is 11.2 Å². The number of hydrogen-bond donors (Lipinski definition) is 2. The van der Waals surface area contributed by atoms with Crippen LogP contribution in [0.2, 0.25) is 0 Å². The van der Waals surface area contributed by atoms with Crippen molar-refractivity contribution >= 4 is 34.1 Å². The van der Waals surface area contributed by atoms with E-state index in [4.69, 9.17) is 5.73 Å². The van der Waals surface area contributed by atoms with E-state index in [0.717, 1.165) is 4.21 Å². The van der Waals surface area contributed by atoms with Gasteiger partial charge in [-0.15, -0.1) is 11.8 Å². The molecule has 1 aromatic rings. The molecule has 0 saturated heterocycles. The predicted molar refractivity (Wildman–Crippen MR) is 60.5 cm³/mol. The average molecular weight is 231 g/mol. The molecule has 0 spiro atoms. The number of nitrogens with two attached hydrogens (primary N) is 1. The van der Waals surface area contributed by atoms with Gasteiger partial charge in [-0.3, -0.25) is 4.79 Å². The molecule has 0 aromatic carbocycles. The summed E-state index contributed by atoms with van der Waals surface area (Å²) >= 11 is 2.88.